The smallest absolute Gasteiger partial charge is 0.265 e. The van der Waals surface area contributed by atoms with Crippen LogP contribution in [0.15, 0.2) is 41.6 Å². The van der Waals surface area contributed by atoms with E-state index in [4.69, 9.17) is 5.84 Å². The van der Waals surface area contributed by atoms with E-state index in [1.54, 1.807) is 0 Å². The Morgan fingerprint density at radius 3 is 2.70 bits per heavy atom. The van der Waals surface area contributed by atoms with Crippen LogP contribution >= 0.6 is 0 Å². The third kappa shape index (κ3) is 2.70. The van der Waals surface area contributed by atoms with E-state index in [0.717, 1.165) is 6.20 Å². The van der Waals surface area contributed by atoms with Gasteiger partial charge in [-0.05, 0) is 25.1 Å². The molecule has 0 bridgehead atoms. The van der Waals surface area contributed by atoms with E-state index in [9.17, 15) is 12.8 Å². The highest BCUT2D eigenvalue weighted by Gasteiger charge is 2.20. The van der Waals surface area contributed by atoms with Crippen LogP contribution in [0.5, 0.6) is 0 Å². The molecule has 1 heterocycles. The lowest BCUT2D eigenvalue weighted by atomic mass is 10.2. The molecule has 1 aromatic heterocycles. The monoisotopic (exact) mass is 296 g/mol. The lowest BCUT2D eigenvalue weighted by Crippen LogP contribution is -2.18. The standard InChI is InChI=1S/C12H13FN4O2S/c1-8-9(13)3-2-4-10(8)17-20(18,19)12-7-15-6-5-11(12)16-14/h2-7,17H,14H2,1H3,(H,15,16). The summed E-state index contributed by atoms with van der Waals surface area (Å²) >= 11 is 0. The summed E-state index contributed by atoms with van der Waals surface area (Å²) in [4.78, 5) is 3.63. The van der Waals surface area contributed by atoms with Crippen molar-refractivity contribution in [3.8, 4) is 0 Å². The van der Waals surface area contributed by atoms with Gasteiger partial charge in [-0.2, -0.15) is 0 Å². The second-order valence-electron chi connectivity index (χ2n) is 4.03. The van der Waals surface area contributed by atoms with Crippen molar-refractivity contribution < 1.29 is 12.8 Å². The van der Waals surface area contributed by atoms with E-state index in [0.29, 0.717) is 0 Å². The number of pyridine rings is 1. The molecule has 2 rings (SSSR count). The van der Waals surface area contributed by atoms with Crippen molar-refractivity contribution in [2.75, 3.05) is 10.1 Å². The molecular weight excluding hydrogens is 283 g/mol. The Bertz CT molecular complexity index is 734. The third-order valence-electron chi connectivity index (χ3n) is 2.74. The van der Waals surface area contributed by atoms with Crippen molar-refractivity contribution in [1.29, 1.82) is 0 Å². The van der Waals surface area contributed by atoms with Crippen LogP contribution in [-0.4, -0.2) is 13.4 Å². The maximum Gasteiger partial charge on any atom is 0.265 e. The molecule has 0 spiro atoms. The van der Waals surface area contributed by atoms with Gasteiger partial charge in [0.25, 0.3) is 10.0 Å². The number of halogens is 1. The van der Waals surface area contributed by atoms with E-state index in [-0.39, 0.29) is 21.8 Å². The van der Waals surface area contributed by atoms with Crippen molar-refractivity contribution in [1.82, 2.24) is 4.98 Å². The molecule has 0 atom stereocenters. The lowest BCUT2D eigenvalue weighted by Gasteiger charge is -2.13. The predicted octanol–water partition coefficient (Wildman–Crippen LogP) is 1.62. The van der Waals surface area contributed by atoms with Crippen LogP contribution in [0, 0.1) is 12.7 Å². The Kier molecular flexibility index (Phi) is 3.86. The predicted molar refractivity (Wildman–Crippen MR) is 74.0 cm³/mol. The van der Waals surface area contributed by atoms with Crippen LogP contribution < -0.4 is 16.0 Å². The molecule has 0 fully saturated rings. The SMILES string of the molecule is Cc1c(F)cccc1NS(=O)(=O)c1cnccc1NN. The quantitative estimate of drug-likeness (QED) is 0.588. The Balaban J connectivity index is 2.44. The molecule has 1 aromatic carbocycles. The van der Waals surface area contributed by atoms with Gasteiger partial charge in [-0.1, -0.05) is 6.07 Å². The van der Waals surface area contributed by atoms with E-state index < -0.39 is 15.8 Å². The molecule has 0 saturated carbocycles. The number of nitrogen functional groups attached to an aromatic ring is 1. The first-order valence-corrected chi connectivity index (χ1v) is 7.12. The minimum Gasteiger partial charge on any atom is -0.323 e. The van der Waals surface area contributed by atoms with Crippen LogP contribution in [0.2, 0.25) is 0 Å². The zero-order chi connectivity index (χ0) is 14.8. The van der Waals surface area contributed by atoms with Gasteiger partial charge >= 0.3 is 0 Å². The summed E-state index contributed by atoms with van der Waals surface area (Å²) in [6, 6.07) is 5.57. The van der Waals surface area contributed by atoms with Gasteiger partial charge in [0.1, 0.15) is 10.7 Å². The third-order valence-corrected chi connectivity index (χ3v) is 4.13. The maximum atomic E-state index is 13.4. The first kappa shape index (κ1) is 14.2. The average molecular weight is 296 g/mol. The first-order valence-electron chi connectivity index (χ1n) is 5.64. The molecule has 4 N–H and O–H groups in total. The van der Waals surface area contributed by atoms with E-state index in [1.165, 1.54) is 37.4 Å². The fourth-order valence-electron chi connectivity index (χ4n) is 1.63. The molecule has 8 heteroatoms. The van der Waals surface area contributed by atoms with Crippen LogP contribution in [-0.2, 0) is 10.0 Å². The number of nitrogens with zero attached hydrogens (tertiary/aromatic N) is 1. The molecule has 0 unspecified atom stereocenters. The number of hydrogen-bond donors (Lipinski definition) is 3. The highest BCUT2D eigenvalue weighted by molar-refractivity contribution is 7.92. The molecule has 6 nitrogen and oxygen atoms in total. The van der Waals surface area contributed by atoms with Gasteiger partial charge in [0.2, 0.25) is 0 Å². The Hall–Kier alpha value is -2.19. The first-order chi connectivity index (χ1) is 9.45. The Morgan fingerprint density at radius 2 is 2.00 bits per heavy atom. The molecule has 20 heavy (non-hydrogen) atoms. The van der Waals surface area contributed by atoms with E-state index in [2.05, 4.69) is 15.1 Å². The van der Waals surface area contributed by atoms with Crippen LogP contribution in [0.25, 0.3) is 0 Å². The lowest BCUT2D eigenvalue weighted by molar-refractivity contribution is 0.600. The number of anilines is 2. The normalized spacial score (nSPS) is 11.2. The molecule has 0 aliphatic heterocycles. The Labute approximate surface area is 115 Å². The van der Waals surface area contributed by atoms with Gasteiger partial charge in [-0.3, -0.25) is 15.5 Å². The molecule has 0 amide bonds. The summed E-state index contributed by atoms with van der Waals surface area (Å²) in [5.74, 6) is 4.77. The van der Waals surface area contributed by atoms with Crippen LogP contribution in [0.4, 0.5) is 15.8 Å². The van der Waals surface area contributed by atoms with Gasteiger partial charge in [0.15, 0.2) is 0 Å². The van der Waals surface area contributed by atoms with E-state index >= 15 is 0 Å². The van der Waals surface area contributed by atoms with Crippen molar-refractivity contribution in [2.24, 2.45) is 5.84 Å². The number of nitrogens with two attached hydrogens (primary N) is 1. The highest BCUT2D eigenvalue weighted by atomic mass is 32.2. The van der Waals surface area contributed by atoms with Crippen LogP contribution in [0.1, 0.15) is 5.56 Å². The highest BCUT2D eigenvalue weighted by Crippen LogP contribution is 2.24. The van der Waals surface area contributed by atoms with Crippen molar-refractivity contribution >= 4 is 21.4 Å². The average Bonchev–Trinajstić information content (AvgIpc) is 2.43. The number of hydrogen-bond acceptors (Lipinski definition) is 5. The number of sulfonamides is 1. The van der Waals surface area contributed by atoms with Gasteiger partial charge in [0.05, 0.1) is 11.4 Å². The molecule has 106 valence electrons. The fraction of sp³-hybridized carbons (Fsp3) is 0.0833. The van der Waals surface area contributed by atoms with Crippen molar-refractivity contribution in [3.63, 3.8) is 0 Å². The Morgan fingerprint density at radius 1 is 1.25 bits per heavy atom. The summed E-state index contributed by atoms with van der Waals surface area (Å²) in [7, 11) is -3.92. The number of benzene rings is 1. The second-order valence-corrected chi connectivity index (χ2v) is 5.68. The van der Waals surface area contributed by atoms with Crippen molar-refractivity contribution in [3.05, 3.63) is 48.0 Å². The molecule has 0 aliphatic rings. The summed E-state index contributed by atoms with van der Waals surface area (Å²) in [6.45, 7) is 1.48. The maximum absolute atomic E-state index is 13.4. The molecular formula is C12H13FN4O2S. The molecule has 0 saturated heterocycles. The molecule has 2 aromatic rings. The van der Waals surface area contributed by atoms with Gasteiger partial charge < -0.3 is 5.43 Å². The number of rotatable bonds is 4. The van der Waals surface area contributed by atoms with Crippen LogP contribution in [0.3, 0.4) is 0 Å². The summed E-state index contributed by atoms with van der Waals surface area (Å²) in [5, 5.41) is 0. The zero-order valence-electron chi connectivity index (χ0n) is 10.6. The minimum absolute atomic E-state index is 0.119. The summed E-state index contributed by atoms with van der Waals surface area (Å²) in [6.07, 6.45) is 2.56. The molecule has 0 radical (unpaired) electrons. The van der Waals surface area contributed by atoms with Gasteiger partial charge in [-0.25, -0.2) is 12.8 Å². The minimum atomic E-state index is -3.92. The second kappa shape index (κ2) is 5.43. The van der Waals surface area contributed by atoms with Gasteiger partial charge in [-0.15, -0.1) is 0 Å². The zero-order valence-corrected chi connectivity index (χ0v) is 11.4. The molecule has 0 aliphatic carbocycles. The fourth-order valence-corrected chi connectivity index (χ4v) is 2.87. The number of hydrazine groups is 1. The van der Waals surface area contributed by atoms with Crippen molar-refractivity contribution in [2.45, 2.75) is 11.8 Å². The number of aromatic nitrogens is 1. The topological polar surface area (TPSA) is 97.1 Å². The summed E-state index contributed by atoms with van der Waals surface area (Å²) in [5.41, 5.74) is 2.85. The summed E-state index contributed by atoms with van der Waals surface area (Å²) < 4.78 is 40.3. The van der Waals surface area contributed by atoms with Gasteiger partial charge in [0, 0.05) is 18.0 Å². The largest absolute Gasteiger partial charge is 0.323 e. The van der Waals surface area contributed by atoms with E-state index in [1.807, 2.05) is 0 Å². The number of nitrogens with one attached hydrogen (secondary N) is 2.